The second-order valence-corrected chi connectivity index (χ2v) is 4.40. The topological polar surface area (TPSA) is 73.6 Å². The van der Waals surface area contributed by atoms with E-state index in [1.807, 2.05) is 19.1 Å². The van der Waals surface area contributed by atoms with Gasteiger partial charge in [-0.25, -0.2) is 4.79 Å². The quantitative estimate of drug-likeness (QED) is 0.862. The molecule has 1 aromatic rings. The molecule has 1 aromatic carbocycles. The summed E-state index contributed by atoms with van der Waals surface area (Å²) in [6.45, 7) is 3.46. The Hall–Kier alpha value is -1.75. The first kappa shape index (κ1) is 12.7. The highest BCUT2D eigenvalue weighted by Gasteiger charge is 2.16. The molecule has 1 saturated heterocycles. The molecule has 1 aliphatic rings. The fourth-order valence-electron chi connectivity index (χ4n) is 1.98. The van der Waals surface area contributed by atoms with Crippen molar-refractivity contribution in [1.29, 1.82) is 0 Å². The van der Waals surface area contributed by atoms with Crippen molar-refractivity contribution in [2.75, 3.05) is 18.5 Å². The van der Waals surface area contributed by atoms with E-state index < -0.39 is 6.03 Å². The van der Waals surface area contributed by atoms with Crippen molar-refractivity contribution < 1.29 is 14.3 Å². The van der Waals surface area contributed by atoms with Gasteiger partial charge in [-0.3, -0.25) is 0 Å². The van der Waals surface area contributed by atoms with Crippen molar-refractivity contribution in [3.63, 3.8) is 0 Å². The Morgan fingerprint density at radius 2 is 2.17 bits per heavy atom. The van der Waals surface area contributed by atoms with E-state index in [1.54, 1.807) is 6.07 Å². The number of amides is 2. The number of nitrogens with one attached hydrogen (secondary N) is 1. The number of nitrogens with two attached hydrogens (primary N) is 1. The standard InChI is InChI=1S/C13H18N2O3/c1-9-8-10(15-13(14)16)2-3-12(9)18-11-4-6-17-7-5-11/h2-3,8,11H,4-7H2,1H3,(H3,14,15,16). The van der Waals surface area contributed by atoms with Crippen LogP contribution in [-0.2, 0) is 4.74 Å². The molecule has 1 aliphatic heterocycles. The number of carbonyl (C=O) groups excluding carboxylic acids is 1. The maximum absolute atomic E-state index is 10.7. The zero-order valence-electron chi connectivity index (χ0n) is 10.4. The number of anilines is 1. The molecule has 0 unspecified atom stereocenters. The molecule has 5 nitrogen and oxygen atoms in total. The lowest BCUT2D eigenvalue weighted by molar-refractivity contribution is 0.0253. The lowest BCUT2D eigenvalue weighted by Gasteiger charge is -2.24. The summed E-state index contributed by atoms with van der Waals surface area (Å²) < 4.78 is 11.2. The minimum absolute atomic E-state index is 0.215. The van der Waals surface area contributed by atoms with Crippen LogP contribution in [0.4, 0.5) is 10.5 Å². The second-order valence-electron chi connectivity index (χ2n) is 4.40. The van der Waals surface area contributed by atoms with E-state index in [1.165, 1.54) is 0 Å². The van der Waals surface area contributed by atoms with Crippen molar-refractivity contribution in [3.05, 3.63) is 23.8 Å². The molecule has 18 heavy (non-hydrogen) atoms. The van der Waals surface area contributed by atoms with Crippen LogP contribution in [0.25, 0.3) is 0 Å². The van der Waals surface area contributed by atoms with Crippen molar-refractivity contribution in [2.45, 2.75) is 25.9 Å². The fraction of sp³-hybridized carbons (Fsp3) is 0.462. The lowest BCUT2D eigenvalue weighted by Crippen LogP contribution is -2.26. The molecule has 0 radical (unpaired) electrons. The maximum atomic E-state index is 10.7. The first-order valence-electron chi connectivity index (χ1n) is 6.06. The molecule has 0 aliphatic carbocycles. The molecule has 2 rings (SSSR count). The highest BCUT2D eigenvalue weighted by atomic mass is 16.5. The summed E-state index contributed by atoms with van der Waals surface area (Å²) in [7, 11) is 0. The van der Waals surface area contributed by atoms with Gasteiger partial charge in [0, 0.05) is 18.5 Å². The molecule has 98 valence electrons. The molecule has 1 fully saturated rings. The van der Waals surface area contributed by atoms with E-state index in [0.29, 0.717) is 5.69 Å². The van der Waals surface area contributed by atoms with Crippen LogP contribution in [0, 0.1) is 6.92 Å². The Labute approximate surface area is 106 Å². The minimum atomic E-state index is -0.563. The number of primary amides is 1. The zero-order chi connectivity index (χ0) is 13.0. The van der Waals surface area contributed by atoms with Gasteiger partial charge in [-0.2, -0.15) is 0 Å². The molecule has 3 N–H and O–H groups in total. The largest absolute Gasteiger partial charge is 0.490 e. The predicted octanol–water partition coefficient (Wildman–Crippen LogP) is 2.04. The monoisotopic (exact) mass is 250 g/mol. The predicted molar refractivity (Wildman–Crippen MR) is 68.9 cm³/mol. The van der Waals surface area contributed by atoms with Gasteiger partial charge >= 0.3 is 6.03 Å². The number of benzene rings is 1. The molecular weight excluding hydrogens is 232 g/mol. The molecule has 0 atom stereocenters. The summed E-state index contributed by atoms with van der Waals surface area (Å²) in [5, 5.41) is 2.54. The van der Waals surface area contributed by atoms with Crippen LogP contribution < -0.4 is 15.8 Å². The van der Waals surface area contributed by atoms with Gasteiger partial charge in [0.25, 0.3) is 0 Å². The number of carbonyl (C=O) groups is 1. The number of ether oxygens (including phenoxy) is 2. The Morgan fingerprint density at radius 3 is 2.78 bits per heavy atom. The summed E-state index contributed by atoms with van der Waals surface area (Å²) >= 11 is 0. The Balaban J connectivity index is 2.02. The highest BCUT2D eigenvalue weighted by Crippen LogP contribution is 2.25. The van der Waals surface area contributed by atoms with E-state index in [2.05, 4.69) is 5.32 Å². The SMILES string of the molecule is Cc1cc(NC(N)=O)ccc1OC1CCOCC1. The van der Waals surface area contributed by atoms with E-state index in [9.17, 15) is 4.79 Å². The molecule has 0 saturated carbocycles. The Kier molecular flexibility index (Phi) is 4.04. The number of hydrogen-bond acceptors (Lipinski definition) is 3. The summed E-state index contributed by atoms with van der Waals surface area (Å²) in [5.41, 5.74) is 6.73. The normalized spacial score (nSPS) is 16.3. The smallest absolute Gasteiger partial charge is 0.316 e. The van der Waals surface area contributed by atoms with E-state index in [0.717, 1.165) is 37.4 Å². The minimum Gasteiger partial charge on any atom is -0.490 e. The molecular formula is C13H18N2O3. The van der Waals surface area contributed by atoms with Gasteiger partial charge in [-0.05, 0) is 30.7 Å². The molecule has 0 bridgehead atoms. The van der Waals surface area contributed by atoms with E-state index in [-0.39, 0.29) is 6.10 Å². The van der Waals surface area contributed by atoms with Gasteiger partial charge in [-0.15, -0.1) is 0 Å². The number of hydrogen-bond donors (Lipinski definition) is 2. The molecule has 0 spiro atoms. The fourth-order valence-corrected chi connectivity index (χ4v) is 1.98. The van der Waals surface area contributed by atoms with Gasteiger partial charge in [0.05, 0.1) is 13.2 Å². The van der Waals surface area contributed by atoms with Crippen LogP contribution in [0.3, 0.4) is 0 Å². The van der Waals surface area contributed by atoms with Crippen molar-refractivity contribution in [3.8, 4) is 5.75 Å². The highest BCUT2D eigenvalue weighted by molar-refractivity contribution is 5.87. The van der Waals surface area contributed by atoms with Crippen LogP contribution in [0.15, 0.2) is 18.2 Å². The first-order valence-corrected chi connectivity index (χ1v) is 6.06. The summed E-state index contributed by atoms with van der Waals surface area (Å²) in [5.74, 6) is 0.844. The number of aryl methyl sites for hydroxylation is 1. The third kappa shape index (κ3) is 3.37. The molecule has 1 heterocycles. The number of urea groups is 1. The van der Waals surface area contributed by atoms with Gasteiger partial charge in [-0.1, -0.05) is 0 Å². The van der Waals surface area contributed by atoms with E-state index >= 15 is 0 Å². The molecule has 5 heteroatoms. The zero-order valence-corrected chi connectivity index (χ0v) is 10.4. The van der Waals surface area contributed by atoms with Crippen molar-refractivity contribution in [2.24, 2.45) is 5.73 Å². The first-order chi connectivity index (χ1) is 8.65. The lowest BCUT2D eigenvalue weighted by atomic mass is 10.1. The van der Waals surface area contributed by atoms with Crippen LogP contribution in [0.5, 0.6) is 5.75 Å². The van der Waals surface area contributed by atoms with Crippen LogP contribution >= 0.6 is 0 Å². The summed E-state index contributed by atoms with van der Waals surface area (Å²) in [6.07, 6.45) is 2.05. The van der Waals surface area contributed by atoms with Crippen LogP contribution in [-0.4, -0.2) is 25.3 Å². The second kappa shape index (κ2) is 5.73. The van der Waals surface area contributed by atoms with Crippen LogP contribution in [0.2, 0.25) is 0 Å². The average Bonchev–Trinajstić information content (AvgIpc) is 2.33. The van der Waals surface area contributed by atoms with Gasteiger partial charge in [0.15, 0.2) is 0 Å². The Bertz CT molecular complexity index is 428. The molecule has 0 aromatic heterocycles. The Morgan fingerprint density at radius 1 is 1.44 bits per heavy atom. The number of rotatable bonds is 3. The van der Waals surface area contributed by atoms with E-state index in [4.69, 9.17) is 15.2 Å². The third-order valence-corrected chi connectivity index (χ3v) is 2.90. The van der Waals surface area contributed by atoms with Gasteiger partial charge in [0.1, 0.15) is 11.9 Å². The van der Waals surface area contributed by atoms with Gasteiger partial charge < -0.3 is 20.5 Å². The maximum Gasteiger partial charge on any atom is 0.316 e. The van der Waals surface area contributed by atoms with Gasteiger partial charge in [0.2, 0.25) is 0 Å². The summed E-state index contributed by atoms with van der Waals surface area (Å²) in [6, 6.07) is 4.93. The van der Waals surface area contributed by atoms with Crippen molar-refractivity contribution >= 4 is 11.7 Å². The third-order valence-electron chi connectivity index (χ3n) is 2.90. The van der Waals surface area contributed by atoms with Crippen LogP contribution in [0.1, 0.15) is 18.4 Å². The summed E-state index contributed by atoms with van der Waals surface area (Å²) in [4.78, 5) is 10.7. The van der Waals surface area contributed by atoms with Crippen molar-refractivity contribution in [1.82, 2.24) is 0 Å². The molecule has 2 amide bonds. The average molecular weight is 250 g/mol.